The van der Waals surface area contributed by atoms with Crippen molar-refractivity contribution in [3.05, 3.63) is 59.7 Å². The lowest BCUT2D eigenvalue weighted by atomic mass is 10.0. The molecule has 2 aromatic rings. The van der Waals surface area contributed by atoms with E-state index in [1.807, 2.05) is 36.4 Å². The molecule has 1 N–H and O–H groups in total. The molecule has 1 atom stereocenters. The lowest BCUT2D eigenvalue weighted by Crippen LogP contribution is -2.16. The molecule has 1 amide bonds. The average Bonchev–Trinajstić information content (AvgIpc) is 2.93. The van der Waals surface area contributed by atoms with Gasteiger partial charge in [0, 0.05) is 22.6 Å². The Kier molecular flexibility index (Phi) is 5.36. The number of nitrogens with zero attached hydrogens (tertiary/aromatic N) is 1. The molecule has 1 aliphatic rings. The van der Waals surface area contributed by atoms with Crippen molar-refractivity contribution in [3.8, 4) is 6.07 Å². The molecule has 0 aromatic heterocycles. The highest BCUT2D eigenvalue weighted by Crippen LogP contribution is 2.33. The van der Waals surface area contributed by atoms with Crippen LogP contribution in [0.1, 0.15) is 34.9 Å². The summed E-state index contributed by atoms with van der Waals surface area (Å²) in [4.78, 5) is 25.1. The molecular formula is C19H16N2O3S. The van der Waals surface area contributed by atoms with Crippen molar-refractivity contribution in [2.75, 3.05) is 11.1 Å². The van der Waals surface area contributed by atoms with Gasteiger partial charge in [0.15, 0.2) is 0 Å². The smallest absolute Gasteiger partial charge is 0.339 e. The Balaban J connectivity index is 1.66. The number of hydrogen-bond acceptors (Lipinski definition) is 5. The topological polar surface area (TPSA) is 79.2 Å². The number of carbonyl (C=O) groups excluding carboxylic acids is 2. The zero-order valence-corrected chi connectivity index (χ0v) is 14.2. The first kappa shape index (κ1) is 17.1. The maximum Gasteiger partial charge on any atom is 0.339 e. The number of hydrogen-bond donors (Lipinski definition) is 1. The molecule has 0 saturated heterocycles. The predicted molar refractivity (Wildman–Crippen MR) is 95.2 cm³/mol. The van der Waals surface area contributed by atoms with Gasteiger partial charge >= 0.3 is 5.97 Å². The average molecular weight is 352 g/mol. The van der Waals surface area contributed by atoms with Gasteiger partial charge < -0.3 is 10.1 Å². The molecule has 0 radical (unpaired) electrons. The van der Waals surface area contributed by atoms with Crippen molar-refractivity contribution in [2.45, 2.75) is 23.8 Å². The van der Waals surface area contributed by atoms with Crippen LogP contribution in [0.15, 0.2) is 53.4 Å². The van der Waals surface area contributed by atoms with Crippen LogP contribution < -0.4 is 5.32 Å². The summed E-state index contributed by atoms with van der Waals surface area (Å²) in [5.41, 5.74) is 1.97. The Morgan fingerprint density at radius 3 is 2.80 bits per heavy atom. The molecular weight excluding hydrogens is 336 g/mol. The number of para-hydroxylation sites is 1. The first-order valence-corrected chi connectivity index (χ1v) is 8.86. The quantitative estimate of drug-likeness (QED) is 0.484. The minimum Gasteiger partial charge on any atom is -0.453 e. The molecule has 0 spiro atoms. The number of carbonyl (C=O) groups is 2. The van der Waals surface area contributed by atoms with Crippen molar-refractivity contribution in [2.24, 2.45) is 0 Å². The number of cyclic esters (lactones) is 1. The molecule has 126 valence electrons. The maximum absolute atomic E-state index is 12.4. The number of nitrogens with one attached hydrogen (secondary N) is 1. The Bertz CT molecular complexity index is 845. The Labute approximate surface area is 150 Å². The van der Waals surface area contributed by atoms with E-state index in [9.17, 15) is 9.59 Å². The van der Waals surface area contributed by atoms with Gasteiger partial charge in [-0.05, 0) is 18.2 Å². The van der Waals surface area contributed by atoms with Crippen molar-refractivity contribution >= 4 is 29.3 Å². The van der Waals surface area contributed by atoms with Crippen molar-refractivity contribution in [3.63, 3.8) is 0 Å². The van der Waals surface area contributed by atoms with E-state index in [1.165, 1.54) is 11.8 Å². The van der Waals surface area contributed by atoms with Crippen LogP contribution in [-0.4, -0.2) is 17.6 Å². The van der Waals surface area contributed by atoms with E-state index in [1.54, 1.807) is 12.1 Å². The minimum absolute atomic E-state index is 0.0694. The molecule has 6 heteroatoms. The van der Waals surface area contributed by atoms with Gasteiger partial charge in [0.25, 0.3) is 0 Å². The van der Waals surface area contributed by atoms with E-state index in [4.69, 9.17) is 10.00 Å². The van der Waals surface area contributed by atoms with E-state index < -0.39 is 6.10 Å². The van der Waals surface area contributed by atoms with Gasteiger partial charge in [-0.15, -0.1) is 11.8 Å². The summed E-state index contributed by atoms with van der Waals surface area (Å²) in [5, 5.41) is 11.5. The monoisotopic (exact) mass is 352 g/mol. The Morgan fingerprint density at radius 2 is 1.96 bits per heavy atom. The third-order valence-corrected chi connectivity index (χ3v) is 4.86. The van der Waals surface area contributed by atoms with Crippen LogP contribution in [0.3, 0.4) is 0 Å². The molecule has 1 aliphatic heterocycles. The highest BCUT2D eigenvalue weighted by molar-refractivity contribution is 7.99. The van der Waals surface area contributed by atoms with Gasteiger partial charge in [0.1, 0.15) is 6.10 Å². The summed E-state index contributed by atoms with van der Waals surface area (Å²) in [5.74, 6) is 0.0560. The highest BCUT2D eigenvalue weighted by Gasteiger charge is 2.32. The number of anilines is 1. The second kappa shape index (κ2) is 7.86. The number of rotatable bonds is 6. The van der Waals surface area contributed by atoms with Gasteiger partial charge in [0.2, 0.25) is 5.91 Å². The lowest BCUT2D eigenvalue weighted by Gasteiger charge is -2.13. The Hall–Kier alpha value is -2.78. The van der Waals surface area contributed by atoms with Crippen LogP contribution in [0.4, 0.5) is 5.69 Å². The number of ether oxygens (including phenoxy) is 1. The number of benzene rings is 2. The van der Waals surface area contributed by atoms with E-state index in [2.05, 4.69) is 11.4 Å². The summed E-state index contributed by atoms with van der Waals surface area (Å²) < 4.78 is 5.31. The van der Waals surface area contributed by atoms with Crippen LogP contribution >= 0.6 is 11.8 Å². The SMILES string of the molecule is N#CCCSc1ccccc1NC(=O)C[C@H]1OC(=O)c2ccccc21. The number of thioether (sulfide) groups is 1. The van der Waals surface area contributed by atoms with Crippen molar-refractivity contribution < 1.29 is 14.3 Å². The molecule has 2 aromatic carbocycles. The standard InChI is InChI=1S/C19H16N2O3S/c20-10-5-11-25-17-9-4-3-8-15(17)21-18(22)12-16-13-6-1-2-7-14(13)19(23)24-16/h1-4,6-9,16H,5,11-12H2,(H,21,22)/t16-/m1/s1. The van der Waals surface area contributed by atoms with Gasteiger partial charge in [-0.25, -0.2) is 4.79 Å². The van der Waals surface area contributed by atoms with Gasteiger partial charge in [-0.3, -0.25) is 4.79 Å². The molecule has 0 fully saturated rings. The third-order valence-electron chi connectivity index (χ3n) is 3.78. The summed E-state index contributed by atoms with van der Waals surface area (Å²) in [6, 6.07) is 16.7. The molecule has 0 aliphatic carbocycles. The summed E-state index contributed by atoms with van der Waals surface area (Å²) >= 11 is 1.52. The zero-order valence-electron chi connectivity index (χ0n) is 13.4. The van der Waals surface area contributed by atoms with Gasteiger partial charge in [0.05, 0.1) is 23.7 Å². The summed E-state index contributed by atoms with van der Waals surface area (Å²) in [6.07, 6.45) is -0.0380. The Morgan fingerprint density at radius 1 is 1.20 bits per heavy atom. The van der Waals surface area contributed by atoms with Crippen LogP contribution in [0.25, 0.3) is 0 Å². The fraction of sp³-hybridized carbons (Fsp3) is 0.211. The second-order valence-corrected chi connectivity index (χ2v) is 6.62. The van der Waals surface area contributed by atoms with Crippen LogP contribution in [0.2, 0.25) is 0 Å². The molecule has 0 unspecified atom stereocenters. The number of fused-ring (bicyclic) bond motifs is 1. The first-order chi connectivity index (χ1) is 12.2. The third kappa shape index (κ3) is 4.01. The van der Waals surface area contributed by atoms with Gasteiger partial charge in [-0.2, -0.15) is 5.26 Å². The molecule has 0 bridgehead atoms. The fourth-order valence-electron chi connectivity index (χ4n) is 2.64. The van der Waals surface area contributed by atoms with E-state index >= 15 is 0 Å². The lowest BCUT2D eigenvalue weighted by molar-refractivity contribution is -0.118. The summed E-state index contributed by atoms with van der Waals surface area (Å²) in [6.45, 7) is 0. The molecule has 5 nitrogen and oxygen atoms in total. The fourth-order valence-corrected chi connectivity index (χ4v) is 3.51. The molecule has 3 rings (SSSR count). The van der Waals surface area contributed by atoms with Crippen LogP contribution in [0.5, 0.6) is 0 Å². The zero-order chi connectivity index (χ0) is 17.6. The van der Waals surface area contributed by atoms with Crippen LogP contribution in [0, 0.1) is 11.3 Å². The second-order valence-electron chi connectivity index (χ2n) is 5.49. The molecule has 0 saturated carbocycles. The minimum atomic E-state index is -0.554. The molecule has 1 heterocycles. The van der Waals surface area contributed by atoms with Crippen molar-refractivity contribution in [1.29, 1.82) is 5.26 Å². The van der Waals surface area contributed by atoms with Gasteiger partial charge in [-0.1, -0.05) is 30.3 Å². The number of esters is 1. The predicted octanol–water partition coefficient (Wildman–Crippen LogP) is 3.93. The van der Waals surface area contributed by atoms with E-state index in [-0.39, 0.29) is 18.3 Å². The normalized spacial score (nSPS) is 15.2. The van der Waals surface area contributed by atoms with Crippen molar-refractivity contribution in [1.82, 2.24) is 0 Å². The summed E-state index contributed by atoms with van der Waals surface area (Å²) in [7, 11) is 0. The molecule has 25 heavy (non-hydrogen) atoms. The van der Waals surface area contributed by atoms with Crippen LogP contribution in [-0.2, 0) is 9.53 Å². The largest absolute Gasteiger partial charge is 0.453 e. The number of amides is 1. The first-order valence-electron chi connectivity index (χ1n) is 7.87. The highest BCUT2D eigenvalue weighted by atomic mass is 32.2. The number of nitriles is 1. The maximum atomic E-state index is 12.4. The van der Waals surface area contributed by atoms with E-state index in [0.29, 0.717) is 23.4 Å². The van der Waals surface area contributed by atoms with E-state index in [0.717, 1.165) is 10.5 Å².